The van der Waals surface area contributed by atoms with Crippen LogP contribution in [0.15, 0.2) is 55.2 Å². The van der Waals surface area contributed by atoms with E-state index in [0.29, 0.717) is 5.88 Å². The second kappa shape index (κ2) is 8.28. The van der Waals surface area contributed by atoms with Crippen LogP contribution < -0.4 is 10.1 Å². The van der Waals surface area contributed by atoms with Crippen molar-refractivity contribution >= 4 is 0 Å². The Morgan fingerprint density at radius 2 is 2.07 bits per heavy atom. The molecule has 1 N–H and O–H groups in total. The first-order chi connectivity index (χ1) is 13.3. The minimum atomic E-state index is -0.0157. The van der Waals surface area contributed by atoms with Crippen LogP contribution >= 0.6 is 0 Å². The molecule has 0 radical (unpaired) electrons. The number of aromatic nitrogens is 4. The monoisotopic (exact) mass is 365 g/mol. The molecule has 0 saturated carbocycles. The molecular formula is C20H23N5O2. The second-order valence-electron chi connectivity index (χ2n) is 6.61. The average molecular weight is 365 g/mol. The van der Waals surface area contributed by atoms with Crippen LogP contribution in [0.5, 0.6) is 11.6 Å². The number of hydrogen-bond donors (Lipinski definition) is 1. The van der Waals surface area contributed by atoms with Crippen molar-refractivity contribution in [1.82, 2.24) is 24.8 Å². The first-order valence-electron chi connectivity index (χ1n) is 9.14. The highest BCUT2D eigenvalue weighted by atomic mass is 16.5. The van der Waals surface area contributed by atoms with Gasteiger partial charge in [0, 0.05) is 51.0 Å². The van der Waals surface area contributed by atoms with Gasteiger partial charge in [-0.3, -0.25) is 4.98 Å². The Balaban J connectivity index is 1.37. The third-order valence-corrected chi connectivity index (χ3v) is 4.69. The molecule has 1 aliphatic rings. The van der Waals surface area contributed by atoms with Gasteiger partial charge in [0.1, 0.15) is 17.7 Å². The number of hydrogen-bond acceptors (Lipinski definition) is 6. The van der Waals surface area contributed by atoms with E-state index in [1.807, 2.05) is 36.1 Å². The molecule has 7 heteroatoms. The summed E-state index contributed by atoms with van der Waals surface area (Å²) in [5.74, 6) is 2.20. The fourth-order valence-electron chi connectivity index (χ4n) is 3.28. The lowest BCUT2D eigenvalue weighted by atomic mass is 10.0. The van der Waals surface area contributed by atoms with Crippen molar-refractivity contribution < 1.29 is 9.47 Å². The van der Waals surface area contributed by atoms with E-state index in [4.69, 9.17) is 9.47 Å². The number of ether oxygens (including phenoxy) is 2. The number of aryl methyl sites for hydroxylation is 1. The molecule has 0 spiro atoms. The van der Waals surface area contributed by atoms with Gasteiger partial charge in [0.2, 0.25) is 5.88 Å². The molecular weight excluding hydrogens is 342 g/mol. The fraction of sp³-hybridized carbons (Fsp3) is 0.350. The maximum Gasteiger partial charge on any atom is 0.237 e. The summed E-state index contributed by atoms with van der Waals surface area (Å²) in [5, 5.41) is 3.63. The number of nitrogens with one attached hydrogen (secondary N) is 1. The van der Waals surface area contributed by atoms with Gasteiger partial charge in [-0.1, -0.05) is 12.1 Å². The van der Waals surface area contributed by atoms with Gasteiger partial charge in [-0.25, -0.2) is 9.97 Å². The Morgan fingerprint density at radius 3 is 2.81 bits per heavy atom. The molecule has 1 fully saturated rings. The van der Waals surface area contributed by atoms with Crippen molar-refractivity contribution in [2.45, 2.75) is 31.5 Å². The lowest BCUT2D eigenvalue weighted by Gasteiger charge is -2.32. The first-order valence-corrected chi connectivity index (χ1v) is 9.14. The van der Waals surface area contributed by atoms with Gasteiger partial charge < -0.3 is 19.4 Å². The molecule has 0 amide bonds. The summed E-state index contributed by atoms with van der Waals surface area (Å²) in [7, 11) is 2.01. The minimum absolute atomic E-state index is 0.0157. The van der Waals surface area contributed by atoms with Crippen LogP contribution in [0.1, 0.15) is 30.3 Å². The smallest absolute Gasteiger partial charge is 0.237 e. The highest BCUT2D eigenvalue weighted by Crippen LogP contribution is 2.27. The van der Waals surface area contributed by atoms with Crippen molar-refractivity contribution in [3.63, 3.8) is 0 Å². The van der Waals surface area contributed by atoms with Crippen LogP contribution in [0.3, 0.4) is 0 Å². The molecule has 0 aliphatic carbocycles. The largest absolute Gasteiger partial charge is 0.438 e. The lowest BCUT2D eigenvalue weighted by Crippen LogP contribution is -2.40. The molecule has 1 saturated heterocycles. The molecule has 7 nitrogen and oxygen atoms in total. The van der Waals surface area contributed by atoms with E-state index in [-0.39, 0.29) is 12.1 Å². The fourth-order valence-corrected chi connectivity index (χ4v) is 3.28. The number of benzene rings is 1. The topological polar surface area (TPSA) is 74.1 Å². The van der Waals surface area contributed by atoms with Gasteiger partial charge in [-0.15, -0.1) is 0 Å². The van der Waals surface area contributed by atoms with E-state index >= 15 is 0 Å². The third-order valence-electron chi connectivity index (χ3n) is 4.69. The molecule has 140 valence electrons. The Morgan fingerprint density at radius 1 is 1.19 bits per heavy atom. The Bertz CT molecular complexity index is 850. The molecule has 0 bridgehead atoms. The summed E-state index contributed by atoms with van der Waals surface area (Å²) < 4.78 is 13.7. The quantitative estimate of drug-likeness (QED) is 0.724. The van der Waals surface area contributed by atoms with Crippen LogP contribution in [0, 0.1) is 0 Å². The standard InChI is InChI=1S/C20H23N5O2/c1-25-11-10-23-20(25)19-17(3-2-12-26-19)24-13-15-4-6-16(7-5-15)27-18-14-21-8-9-22-18/h4-11,14,17,19,24H,2-3,12-13H2,1H3/t17-,19-/m0/s1. The molecule has 1 aromatic carbocycles. The van der Waals surface area contributed by atoms with Gasteiger partial charge in [-0.2, -0.15) is 0 Å². The van der Waals surface area contributed by atoms with Gasteiger partial charge in [-0.05, 0) is 30.5 Å². The van der Waals surface area contributed by atoms with Crippen molar-refractivity contribution in [1.29, 1.82) is 0 Å². The lowest BCUT2D eigenvalue weighted by molar-refractivity contribution is -0.0178. The van der Waals surface area contributed by atoms with E-state index in [2.05, 4.69) is 32.4 Å². The molecule has 27 heavy (non-hydrogen) atoms. The van der Waals surface area contributed by atoms with Crippen molar-refractivity contribution in [3.05, 3.63) is 66.6 Å². The van der Waals surface area contributed by atoms with Gasteiger partial charge in [0.05, 0.1) is 6.20 Å². The zero-order valence-corrected chi connectivity index (χ0v) is 15.3. The molecule has 1 aliphatic heterocycles. The third kappa shape index (κ3) is 4.32. The maximum atomic E-state index is 6.01. The minimum Gasteiger partial charge on any atom is -0.438 e. The molecule has 2 aromatic heterocycles. The van der Waals surface area contributed by atoms with Crippen LogP contribution in [-0.2, 0) is 18.3 Å². The Kier molecular flexibility index (Phi) is 5.41. The summed E-state index contributed by atoms with van der Waals surface area (Å²) in [4.78, 5) is 12.6. The number of imidazole rings is 1. The van der Waals surface area contributed by atoms with Gasteiger partial charge >= 0.3 is 0 Å². The summed E-state index contributed by atoms with van der Waals surface area (Å²) in [5.41, 5.74) is 1.19. The van der Waals surface area contributed by atoms with Gasteiger partial charge in [0.15, 0.2) is 0 Å². The summed E-state index contributed by atoms with van der Waals surface area (Å²) in [6.07, 6.45) is 10.7. The Hall–Kier alpha value is -2.77. The predicted octanol–water partition coefficient (Wildman–Crippen LogP) is 3.01. The van der Waals surface area contributed by atoms with Crippen molar-refractivity contribution in [3.8, 4) is 11.6 Å². The second-order valence-corrected chi connectivity index (χ2v) is 6.61. The SMILES string of the molecule is Cn1ccnc1[C@H]1OCCC[C@@H]1NCc1ccc(Oc2cnccn2)cc1. The van der Waals surface area contributed by atoms with E-state index in [0.717, 1.165) is 37.6 Å². The molecule has 2 atom stereocenters. The van der Waals surface area contributed by atoms with E-state index < -0.39 is 0 Å². The molecule has 0 unspecified atom stereocenters. The van der Waals surface area contributed by atoms with Crippen LogP contribution in [-0.4, -0.2) is 32.2 Å². The highest BCUT2D eigenvalue weighted by Gasteiger charge is 2.29. The van der Waals surface area contributed by atoms with E-state index in [1.54, 1.807) is 18.6 Å². The summed E-state index contributed by atoms with van der Waals surface area (Å²) in [6.45, 7) is 1.55. The Labute approximate surface area is 158 Å². The van der Waals surface area contributed by atoms with Crippen molar-refractivity contribution in [2.75, 3.05) is 6.61 Å². The van der Waals surface area contributed by atoms with Crippen LogP contribution in [0.25, 0.3) is 0 Å². The first kappa shape index (κ1) is 17.6. The summed E-state index contributed by atoms with van der Waals surface area (Å²) >= 11 is 0. The zero-order chi connectivity index (χ0) is 18.5. The zero-order valence-electron chi connectivity index (χ0n) is 15.3. The maximum absolute atomic E-state index is 6.01. The average Bonchev–Trinajstić information content (AvgIpc) is 3.14. The normalized spacial score (nSPS) is 19.7. The van der Waals surface area contributed by atoms with Crippen LogP contribution in [0.2, 0.25) is 0 Å². The van der Waals surface area contributed by atoms with Crippen molar-refractivity contribution in [2.24, 2.45) is 7.05 Å². The van der Waals surface area contributed by atoms with E-state index in [9.17, 15) is 0 Å². The number of rotatable bonds is 6. The molecule has 3 aromatic rings. The molecule has 3 heterocycles. The van der Waals surface area contributed by atoms with E-state index in [1.165, 1.54) is 5.56 Å². The highest BCUT2D eigenvalue weighted by molar-refractivity contribution is 5.29. The van der Waals surface area contributed by atoms with Gasteiger partial charge in [0.25, 0.3) is 0 Å². The number of nitrogens with zero attached hydrogens (tertiary/aromatic N) is 4. The summed E-state index contributed by atoms with van der Waals surface area (Å²) in [6, 6.07) is 8.24. The van der Waals surface area contributed by atoms with Crippen LogP contribution in [0.4, 0.5) is 0 Å². The predicted molar refractivity (Wildman–Crippen MR) is 100 cm³/mol. The molecule has 4 rings (SSSR count).